The smallest absolute Gasteiger partial charge is 0.161 e. The highest BCUT2D eigenvalue weighted by atomic mass is 32.2. The first-order valence-corrected chi connectivity index (χ1v) is 10.5. The van der Waals surface area contributed by atoms with E-state index in [-0.39, 0.29) is 11.5 Å². The Kier molecular flexibility index (Phi) is 5.62. The summed E-state index contributed by atoms with van der Waals surface area (Å²) in [7, 11) is 0. The Bertz CT molecular complexity index is 945. The van der Waals surface area contributed by atoms with Gasteiger partial charge in [0.25, 0.3) is 0 Å². The summed E-state index contributed by atoms with van der Waals surface area (Å²) in [6, 6.07) is 19.2. The summed E-state index contributed by atoms with van der Waals surface area (Å²) in [5.41, 5.74) is 2.20. The van der Waals surface area contributed by atoms with Gasteiger partial charge < -0.3 is 4.74 Å². The number of allylic oxidation sites excluding steroid dienone is 3. The van der Waals surface area contributed by atoms with E-state index in [0.717, 1.165) is 25.3 Å². The van der Waals surface area contributed by atoms with Gasteiger partial charge in [-0.2, -0.15) is 0 Å². The monoisotopic (exact) mass is 387 g/mol. The summed E-state index contributed by atoms with van der Waals surface area (Å²) in [5.74, 6) is 7.60. The number of benzene rings is 2. The molecule has 1 atom stereocenters. The molecule has 4 rings (SSSR count). The third kappa shape index (κ3) is 4.35. The Morgan fingerprint density at radius 1 is 1.11 bits per heavy atom. The van der Waals surface area contributed by atoms with Crippen LogP contribution in [0.2, 0.25) is 0 Å². The SMILES string of the molecule is Cc1cccc(SN2CC(OC3=C/CC#CC(C)/C=C\3)(c3ccccc3)C2)c1. The van der Waals surface area contributed by atoms with Crippen LogP contribution in [0.15, 0.2) is 83.5 Å². The van der Waals surface area contributed by atoms with Crippen molar-refractivity contribution in [1.29, 1.82) is 0 Å². The standard InChI is InChI=1S/C25H25NOS/c1-20-9-6-7-13-23(16-15-20)27-25(22-11-4-3-5-12-22)18-26(19-25)28-24-14-8-10-21(2)17-24/h3-5,8,10-17,20H,7,18-19H2,1-2H3/b16-15-,23-13+. The summed E-state index contributed by atoms with van der Waals surface area (Å²) >= 11 is 1.80. The van der Waals surface area contributed by atoms with Crippen molar-refractivity contribution in [2.24, 2.45) is 5.92 Å². The third-order valence-electron chi connectivity index (χ3n) is 4.98. The molecular formula is C25H25NOS. The molecule has 1 saturated heterocycles. The van der Waals surface area contributed by atoms with E-state index in [1.165, 1.54) is 16.0 Å². The molecule has 0 N–H and O–H groups in total. The molecule has 3 heteroatoms. The number of nitrogens with zero attached hydrogens (tertiary/aromatic N) is 1. The molecule has 2 aromatic rings. The van der Waals surface area contributed by atoms with E-state index in [4.69, 9.17) is 4.74 Å². The lowest BCUT2D eigenvalue weighted by molar-refractivity contribution is -0.0812. The molecule has 0 aromatic heterocycles. The predicted molar refractivity (Wildman–Crippen MR) is 117 cm³/mol. The predicted octanol–water partition coefficient (Wildman–Crippen LogP) is 5.71. The molecule has 0 amide bonds. The van der Waals surface area contributed by atoms with Gasteiger partial charge in [-0.25, -0.2) is 4.31 Å². The maximum absolute atomic E-state index is 6.63. The molecule has 0 saturated carbocycles. The van der Waals surface area contributed by atoms with Gasteiger partial charge >= 0.3 is 0 Å². The number of hydrogen-bond donors (Lipinski definition) is 0. The lowest BCUT2D eigenvalue weighted by Crippen LogP contribution is -2.57. The van der Waals surface area contributed by atoms with Crippen molar-refractivity contribution in [3.05, 3.63) is 89.7 Å². The Labute approximate surface area is 172 Å². The van der Waals surface area contributed by atoms with Crippen molar-refractivity contribution >= 4 is 11.9 Å². The van der Waals surface area contributed by atoms with Crippen molar-refractivity contribution in [3.63, 3.8) is 0 Å². The van der Waals surface area contributed by atoms with Crippen LogP contribution in [0, 0.1) is 24.7 Å². The van der Waals surface area contributed by atoms with Gasteiger partial charge in [-0.05, 0) is 61.2 Å². The van der Waals surface area contributed by atoms with Crippen LogP contribution in [-0.2, 0) is 10.3 Å². The average Bonchev–Trinajstić information content (AvgIpc) is 2.66. The van der Waals surface area contributed by atoms with Crippen LogP contribution in [0.3, 0.4) is 0 Å². The summed E-state index contributed by atoms with van der Waals surface area (Å²) in [5, 5.41) is 0. The van der Waals surface area contributed by atoms with Gasteiger partial charge in [-0.15, -0.1) is 0 Å². The molecule has 1 fully saturated rings. The first-order valence-electron chi connectivity index (χ1n) is 9.74. The maximum Gasteiger partial charge on any atom is 0.161 e. The molecule has 1 unspecified atom stereocenters. The second-order valence-corrected chi connectivity index (χ2v) is 8.62. The van der Waals surface area contributed by atoms with Crippen LogP contribution < -0.4 is 0 Å². The summed E-state index contributed by atoms with van der Waals surface area (Å²) < 4.78 is 9.00. The zero-order valence-electron chi connectivity index (χ0n) is 16.4. The van der Waals surface area contributed by atoms with Gasteiger partial charge in [0.1, 0.15) is 5.76 Å². The quantitative estimate of drug-likeness (QED) is 0.481. The Morgan fingerprint density at radius 2 is 1.93 bits per heavy atom. The van der Waals surface area contributed by atoms with Crippen molar-refractivity contribution in [3.8, 4) is 11.8 Å². The van der Waals surface area contributed by atoms with Crippen LogP contribution in [0.1, 0.15) is 24.5 Å². The van der Waals surface area contributed by atoms with Crippen LogP contribution in [0.5, 0.6) is 0 Å². The fourth-order valence-corrected chi connectivity index (χ4v) is 4.71. The van der Waals surface area contributed by atoms with Crippen LogP contribution in [-0.4, -0.2) is 17.4 Å². The highest BCUT2D eigenvalue weighted by Gasteiger charge is 2.47. The van der Waals surface area contributed by atoms with E-state index in [1.807, 2.05) is 0 Å². The van der Waals surface area contributed by atoms with E-state index in [0.29, 0.717) is 0 Å². The lowest BCUT2D eigenvalue weighted by atomic mass is 9.87. The van der Waals surface area contributed by atoms with E-state index in [2.05, 4.69) is 103 Å². The van der Waals surface area contributed by atoms with Gasteiger partial charge in [0, 0.05) is 17.2 Å². The lowest BCUT2D eigenvalue weighted by Gasteiger charge is -2.49. The third-order valence-corrected chi connectivity index (χ3v) is 5.97. The second kappa shape index (κ2) is 8.31. The minimum absolute atomic E-state index is 0.259. The van der Waals surface area contributed by atoms with E-state index in [9.17, 15) is 0 Å². The van der Waals surface area contributed by atoms with Gasteiger partial charge in [-0.3, -0.25) is 0 Å². The molecule has 1 aliphatic carbocycles. The van der Waals surface area contributed by atoms with Crippen molar-refractivity contribution in [2.75, 3.05) is 13.1 Å². The first kappa shape index (κ1) is 18.9. The largest absolute Gasteiger partial charge is 0.480 e. The summed E-state index contributed by atoms with van der Waals surface area (Å²) in [6.07, 6.45) is 7.03. The van der Waals surface area contributed by atoms with Crippen molar-refractivity contribution in [2.45, 2.75) is 30.8 Å². The topological polar surface area (TPSA) is 12.5 Å². The number of hydrogen-bond acceptors (Lipinski definition) is 3. The fourth-order valence-electron chi connectivity index (χ4n) is 3.49. The van der Waals surface area contributed by atoms with Crippen molar-refractivity contribution < 1.29 is 4.74 Å². The molecule has 2 aromatic carbocycles. The Balaban J connectivity index is 1.53. The Morgan fingerprint density at radius 3 is 2.71 bits per heavy atom. The van der Waals surface area contributed by atoms with Crippen molar-refractivity contribution in [1.82, 2.24) is 4.31 Å². The van der Waals surface area contributed by atoms with Gasteiger partial charge in [0.15, 0.2) is 5.60 Å². The zero-order valence-corrected chi connectivity index (χ0v) is 17.2. The normalized spacial score (nSPS) is 23.8. The summed E-state index contributed by atoms with van der Waals surface area (Å²) in [6.45, 7) is 5.95. The highest BCUT2D eigenvalue weighted by Crippen LogP contribution is 2.43. The molecule has 2 aliphatic rings. The Hall–Kier alpha value is -2.41. The highest BCUT2D eigenvalue weighted by molar-refractivity contribution is 7.97. The molecule has 0 spiro atoms. The van der Waals surface area contributed by atoms with Gasteiger partial charge in [0.2, 0.25) is 0 Å². The fraction of sp³-hybridized carbons (Fsp3) is 0.280. The number of aryl methyl sites for hydroxylation is 1. The van der Waals surface area contributed by atoms with Crippen LogP contribution >= 0.6 is 11.9 Å². The molecule has 0 radical (unpaired) electrons. The maximum atomic E-state index is 6.63. The van der Waals surface area contributed by atoms with E-state index >= 15 is 0 Å². The number of rotatable bonds is 5. The van der Waals surface area contributed by atoms with Gasteiger partial charge in [-0.1, -0.05) is 60.4 Å². The molecule has 142 valence electrons. The first-order chi connectivity index (χ1) is 13.6. The average molecular weight is 388 g/mol. The second-order valence-electron chi connectivity index (χ2n) is 7.45. The van der Waals surface area contributed by atoms with E-state index < -0.39 is 0 Å². The van der Waals surface area contributed by atoms with Crippen LogP contribution in [0.4, 0.5) is 0 Å². The van der Waals surface area contributed by atoms with Crippen LogP contribution in [0.25, 0.3) is 0 Å². The van der Waals surface area contributed by atoms with E-state index in [1.54, 1.807) is 11.9 Å². The molecule has 2 nitrogen and oxygen atoms in total. The minimum Gasteiger partial charge on any atom is -0.480 e. The zero-order chi connectivity index (χ0) is 19.4. The summed E-state index contributed by atoms with van der Waals surface area (Å²) in [4.78, 5) is 1.27. The number of ether oxygens (including phenoxy) is 1. The molecule has 28 heavy (non-hydrogen) atoms. The molecule has 0 bridgehead atoms. The molecule has 1 heterocycles. The van der Waals surface area contributed by atoms with Gasteiger partial charge in [0.05, 0.1) is 13.1 Å². The molecular weight excluding hydrogens is 362 g/mol. The minimum atomic E-state index is -0.315. The molecule has 1 aliphatic heterocycles.